The maximum Gasteiger partial charge on any atom is 0.407 e. The van der Waals surface area contributed by atoms with E-state index >= 15 is 4.39 Å². The van der Waals surface area contributed by atoms with E-state index < -0.39 is 18.0 Å². The summed E-state index contributed by atoms with van der Waals surface area (Å²) >= 11 is 0. The molecule has 41 heavy (non-hydrogen) atoms. The number of anilines is 1. The quantitative estimate of drug-likeness (QED) is 0.478. The van der Waals surface area contributed by atoms with Crippen LogP contribution < -0.4 is 9.64 Å². The van der Waals surface area contributed by atoms with Crippen molar-refractivity contribution in [1.82, 2.24) is 24.8 Å². The van der Waals surface area contributed by atoms with Gasteiger partial charge in [0.25, 0.3) is 0 Å². The first-order chi connectivity index (χ1) is 19.9. The molecule has 0 bridgehead atoms. The molecule has 0 radical (unpaired) electrons. The van der Waals surface area contributed by atoms with E-state index in [9.17, 15) is 15.2 Å². The third-order valence-electron chi connectivity index (χ3n) is 8.36. The van der Waals surface area contributed by atoms with E-state index in [4.69, 9.17) is 14.5 Å². The van der Waals surface area contributed by atoms with Crippen molar-refractivity contribution in [3.05, 3.63) is 41.3 Å². The lowest BCUT2D eigenvalue weighted by atomic mass is 9.94. The molecule has 214 valence electrons. The fourth-order valence-electron chi connectivity index (χ4n) is 6.10. The summed E-state index contributed by atoms with van der Waals surface area (Å²) < 4.78 is 28.1. The van der Waals surface area contributed by atoms with Gasteiger partial charge in [0.15, 0.2) is 5.82 Å². The highest BCUT2D eigenvalue weighted by Crippen LogP contribution is 2.36. The molecule has 2 saturated heterocycles. The number of pyridine rings is 1. The predicted molar refractivity (Wildman–Crippen MR) is 148 cm³/mol. The summed E-state index contributed by atoms with van der Waals surface area (Å²) in [5.41, 5.74) is 3.05. The van der Waals surface area contributed by atoms with Gasteiger partial charge in [-0.2, -0.15) is 15.2 Å². The second-order valence-corrected chi connectivity index (χ2v) is 10.8. The van der Waals surface area contributed by atoms with Crippen molar-refractivity contribution < 1.29 is 23.8 Å². The van der Waals surface area contributed by atoms with Gasteiger partial charge in [0, 0.05) is 37.4 Å². The molecule has 12 heteroatoms. The molecular weight excluding hydrogens is 529 g/mol. The Bertz CT molecular complexity index is 1510. The number of halogens is 1. The number of benzene rings is 1. The molecule has 0 spiro atoms. The first-order valence-electron chi connectivity index (χ1n) is 13.9. The van der Waals surface area contributed by atoms with Crippen LogP contribution in [0.3, 0.4) is 0 Å². The number of rotatable bonds is 6. The molecular formula is C29H32FN7O4. The number of likely N-dealkylation sites (tertiary alicyclic amines) is 1. The van der Waals surface area contributed by atoms with Crippen LogP contribution in [0, 0.1) is 17.1 Å². The SMILES string of the molecule is CN1CCCC1COc1nc(N2CCN(C(=O)O)C(CC#N)C2)c2cnc(-c3cccc4c3CCOC4)c(F)c2n1. The number of hydrogen-bond donors (Lipinski definition) is 1. The van der Waals surface area contributed by atoms with Gasteiger partial charge in [0.1, 0.15) is 23.6 Å². The van der Waals surface area contributed by atoms with Crippen LogP contribution >= 0.6 is 0 Å². The lowest BCUT2D eigenvalue weighted by Crippen LogP contribution is -2.55. The lowest BCUT2D eigenvalue weighted by Gasteiger charge is -2.39. The van der Waals surface area contributed by atoms with Crippen LogP contribution in [0.2, 0.25) is 0 Å². The van der Waals surface area contributed by atoms with Crippen molar-refractivity contribution in [3.63, 3.8) is 0 Å². The van der Waals surface area contributed by atoms with Crippen molar-refractivity contribution in [2.45, 2.75) is 44.4 Å². The molecule has 3 aliphatic heterocycles. The molecule has 6 rings (SSSR count). The zero-order valence-electron chi connectivity index (χ0n) is 22.9. The number of likely N-dealkylation sites (N-methyl/N-ethyl adjacent to an activating group) is 1. The molecule has 2 fully saturated rings. The Hall–Kier alpha value is -4.08. The van der Waals surface area contributed by atoms with E-state index in [2.05, 4.69) is 20.9 Å². The Kier molecular flexibility index (Phi) is 7.55. The van der Waals surface area contributed by atoms with Gasteiger partial charge in [0.2, 0.25) is 0 Å². The first kappa shape index (κ1) is 27.1. The molecule has 2 aromatic heterocycles. The average Bonchev–Trinajstić information content (AvgIpc) is 3.40. The minimum absolute atomic E-state index is 0.0305. The number of ether oxygens (including phenoxy) is 2. The number of piperazine rings is 1. The highest BCUT2D eigenvalue weighted by molar-refractivity contribution is 5.92. The Morgan fingerprint density at radius 2 is 2.15 bits per heavy atom. The second kappa shape index (κ2) is 11.4. The number of nitrogens with zero attached hydrogens (tertiary/aromatic N) is 7. The van der Waals surface area contributed by atoms with E-state index in [0.717, 1.165) is 30.5 Å². The topological polar surface area (TPSA) is 128 Å². The van der Waals surface area contributed by atoms with E-state index in [0.29, 0.717) is 49.6 Å². The summed E-state index contributed by atoms with van der Waals surface area (Å²) in [4.78, 5) is 31.0. The van der Waals surface area contributed by atoms with Gasteiger partial charge in [0.05, 0.1) is 37.1 Å². The summed E-state index contributed by atoms with van der Waals surface area (Å²) in [6.07, 6.45) is 3.28. The molecule has 2 unspecified atom stereocenters. The van der Waals surface area contributed by atoms with E-state index in [1.54, 1.807) is 6.20 Å². The van der Waals surface area contributed by atoms with E-state index in [1.165, 1.54) is 4.90 Å². The summed E-state index contributed by atoms with van der Waals surface area (Å²) in [6.45, 7) is 3.13. The van der Waals surface area contributed by atoms with Crippen LogP contribution in [0.25, 0.3) is 22.2 Å². The zero-order valence-corrected chi connectivity index (χ0v) is 22.9. The monoisotopic (exact) mass is 561 g/mol. The van der Waals surface area contributed by atoms with Gasteiger partial charge >= 0.3 is 12.1 Å². The number of hydrogen-bond acceptors (Lipinski definition) is 9. The van der Waals surface area contributed by atoms with Crippen LogP contribution in [-0.2, 0) is 17.8 Å². The fourth-order valence-corrected chi connectivity index (χ4v) is 6.10. The molecule has 1 amide bonds. The van der Waals surface area contributed by atoms with Crippen LogP contribution in [0.15, 0.2) is 24.4 Å². The number of nitriles is 1. The fraction of sp³-hybridized carbons (Fsp3) is 0.483. The standard InChI is InChI=1S/C29H32FN7O4/c1-35-10-3-5-20(35)17-41-28-33-26-23(27(34-28)36-11-12-37(29(38)39)19(15-36)7-9-31)14-32-25(24(26)30)22-6-2-4-18-16-40-13-8-21(18)22/h2,4,6,14,19-20H,3,5,7-8,10-13,15-17H2,1H3,(H,38,39). The van der Waals surface area contributed by atoms with Gasteiger partial charge in [-0.05, 0) is 44.0 Å². The molecule has 1 aromatic carbocycles. The van der Waals surface area contributed by atoms with Crippen LogP contribution in [-0.4, -0.2) is 94.5 Å². The number of fused-ring (bicyclic) bond motifs is 2. The number of aromatic nitrogens is 3. The predicted octanol–water partition coefficient (Wildman–Crippen LogP) is 3.46. The Morgan fingerprint density at radius 3 is 2.93 bits per heavy atom. The highest BCUT2D eigenvalue weighted by Gasteiger charge is 2.33. The van der Waals surface area contributed by atoms with Crippen molar-refractivity contribution in [2.75, 3.05) is 51.3 Å². The van der Waals surface area contributed by atoms with E-state index in [1.807, 2.05) is 30.1 Å². The van der Waals surface area contributed by atoms with Gasteiger partial charge in [-0.1, -0.05) is 18.2 Å². The number of carbonyl (C=O) groups is 1. The Labute approximate surface area is 237 Å². The van der Waals surface area contributed by atoms with Crippen molar-refractivity contribution in [1.29, 1.82) is 5.26 Å². The van der Waals surface area contributed by atoms with Crippen molar-refractivity contribution in [2.24, 2.45) is 0 Å². The van der Waals surface area contributed by atoms with Crippen LogP contribution in [0.5, 0.6) is 6.01 Å². The lowest BCUT2D eigenvalue weighted by molar-refractivity contribution is 0.111. The van der Waals surface area contributed by atoms with Crippen LogP contribution in [0.1, 0.15) is 30.4 Å². The summed E-state index contributed by atoms with van der Waals surface area (Å²) in [5.74, 6) is -0.147. The molecule has 11 nitrogen and oxygen atoms in total. The molecule has 5 heterocycles. The number of amides is 1. The largest absolute Gasteiger partial charge is 0.465 e. The maximum absolute atomic E-state index is 16.4. The molecule has 3 aromatic rings. The molecule has 2 atom stereocenters. The average molecular weight is 562 g/mol. The summed E-state index contributed by atoms with van der Waals surface area (Å²) in [6, 6.07) is 7.54. The second-order valence-electron chi connectivity index (χ2n) is 10.8. The third kappa shape index (κ3) is 5.23. The van der Waals surface area contributed by atoms with Gasteiger partial charge in [-0.3, -0.25) is 4.98 Å². The molecule has 0 saturated carbocycles. The molecule has 3 aliphatic rings. The third-order valence-corrected chi connectivity index (χ3v) is 8.36. The van der Waals surface area contributed by atoms with E-state index in [-0.39, 0.29) is 42.8 Å². The minimum atomic E-state index is -1.07. The van der Waals surface area contributed by atoms with Gasteiger partial charge in [-0.15, -0.1) is 0 Å². The summed E-state index contributed by atoms with van der Waals surface area (Å²) in [7, 11) is 2.05. The van der Waals surface area contributed by atoms with Crippen LogP contribution in [0.4, 0.5) is 15.0 Å². The van der Waals surface area contributed by atoms with Crippen molar-refractivity contribution >= 4 is 22.8 Å². The molecule has 0 aliphatic carbocycles. The van der Waals surface area contributed by atoms with Gasteiger partial charge in [-0.25, -0.2) is 9.18 Å². The molecule has 1 N–H and O–H groups in total. The van der Waals surface area contributed by atoms with Gasteiger partial charge < -0.3 is 29.3 Å². The minimum Gasteiger partial charge on any atom is -0.465 e. The first-order valence-corrected chi connectivity index (χ1v) is 13.9. The Morgan fingerprint density at radius 1 is 1.27 bits per heavy atom. The Balaban J connectivity index is 1.43. The zero-order chi connectivity index (χ0) is 28.5. The maximum atomic E-state index is 16.4. The highest BCUT2D eigenvalue weighted by atomic mass is 19.1. The number of carboxylic acid groups (broad SMARTS) is 1. The summed E-state index contributed by atoms with van der Waals surface area (Å²) in [5, 5.41) is 19.4. The smallest absolute Gasteiger partial charge is 0.407 e. The normalized spacial score (nSPS) is 21.1. The van der Waals surface area contributed by atoms with Crippen molar-refractivity contribution in [3.8, 4) is 23.3 Å².